The van der Waals surface area contributed by atoms with E-state index >= 15 is 0 Å². The molecule has 2 heterocycles. The van der Waals surface area contributed by atoms with Crippen LogP contribution in [0.2, 0.25) is 0 Å². The zero-order chi connectivity index (χ0) is 26.6. The molecule has 2 aromatic heterocycles. The summed E-state index contributed by atoms with van der Waals surface area (Å²) in [6.07, 6.45) is 5.38. The Morgan fingerprint density at radius 1 is 0.895 bits per heavy atom. The number of para-hydroxylation sites is 1. The molecule has 1 aliphatic rings. The van der Waals surface area contributed by atoms with Crippen LogP contribution in [0.3, 0.4) is 0 Å². The van der Waals surface area contributed by atoms with Gasteiger partial charge in [0.15, 0.2) is 9.84 Å². The second kappa shape index (κ2) is 10.5. The summed E-state index contributed by atoms with van der Waals surface area (Å²) < 4.78 is 29.5. The molecule has 1 fully saturated rings. The van der Waals surface area contributed by atoms with E-state index in [0.29, 0.717) is 23.1 Å². The minimum absolute atomic E-state index is 0.178. The second-order valence-electron chi connectivity index (χ2n) is 9.01. The van der Waals surface area contributed by atoms with Crippen LogP contribution >= 0.6 is 0 Å². The Bertz CT molecular complexity index is 1540. The molecule has 4 aromatic rings. The number of ether oxygens (including phenoxy) is 1. The summed E-state index contributed by atoms with van der Waals surface area (Å²) in [6.45, 7) is 0.208. The summed E-state index contributed by atoms with van der Waals surface area (Å²) in [4.78, 5) is 25.4. The first-order chi connectivity index (χ1) is 18.3. The number of aromatic nitrogens is 3. The highest BCUT2D eigenvalue weighted by Crippen LogP contribution is 2.45. The zero-order valence-electron chi connectivity index (χ0n) is 20.6. The van der Waals surface area contributed by atoms with Crippen molar-refractivity contribution in [2.24, 2.45) is 0 Å². The van der Waals surface area contributed by atoms with Gasteiger partial charge in [0.1, 0.15) is 30.4 Å². The molecule has 0 radical (unpaired) electrons. The smallest absolute Gasteiger partial charge is 0.408 e. The minimum Gasteiger partial charge on any atom is -0.445 e. The predicted molar refractivity (Wildman–Crippen MR) is 143 cm³/mol. The molecule has 38 heavy (non-hydrogen) atoms. The Balaban J connectivity index is 1.21. The standard InChI is InChI=1S/C27H26N6O4S/c1-38(35,36)22-10-6-5-9-21(22)31-24-15-25(30-18-29-24)32-23-12-11-20(16-28-23)27(13-14-27)33-26(34)37-17-19-7-3-2-4-8-19/h2-12,15-16,18H,13-14,17H2,1H3,(H,33,34)(H2,28,29,30,31,32). The molecule has 0 saturated heterocycles. The third-order valence-corrected chi connectivity index (χ3v) is 7.25. The lowest BCUT2D eigenvalue weighted by molar-refractivity contribution is 0.134. The summed E-state index contributed by atoms with van der Waals surface area (Å²) in [5.41, 5.74) is 1.76. The first-order valence-corrected chi connectivity index (χ1v) is 13.8. The summed E-state index contributed by atoms with van der Waals surface area (Å²) >= 11 is 0. The number of rotatable bonds is 9. The molecule has 1 aliphatic carbocycles. The zero-order valence-corrected chi connectivity index (χ0v) is 21.4. The van der Waals surface area contributed by atoms with Crippen LogP contribution in [-0.4, -0.2) is 35.7 Å². The number of hydrogen-bond donors (Lipinski definition) is 3. The van der Waals surface area contributed by atoms with E-state index < -0.39 is 21.5 Å². The average Bonchev–Trinajstić information content (AvgIpc) is 3.69. The molecule has 5 rings (SSSR count). The van der Waals surface area contributed by atoms with Crippen molar-refractivity contribution in [1.29, 1.82) is 0 Å². The van der Waals surface area contributed by atoms with E-state index in [-0.39, 0.29) is 11.5 Å². The fraction of sp³-hybridized carbons (Fsp3) is 0.185. The average molecular weight is 531 g/mol. The van der Waals surface area contributed by atoms with Gasteiger partial charge in [0, 0.05) is 18.5 Å². The highest BCUT2D eigenvalue weighted by molar-refractivity contribution is 7.90. The predicted octanol–water partition coefficient (Wildman–Crippen LogP) is 4.68. The SMILES string of the molecule is CS(=O)(=O)c1ccccc1Nc1cc(Nc2ccc(C3(NC(=O)OCc4ccccc4)CC3)cn2)ncn1. The second-order valence-corrected chi connectivity index (χ2v) is 11.0. The Kier molecular flexibility index (Phi) is 6.93. The van der Waals surface area contributed by atoms with Crippen LogP contribution < -0.4 is 16.0 Å². The maximum atomic E-state index is 12.4. The molecule has 3 N–H and O–H groups in total. The number of pyridine rings is 1. The normalized spacial score (nSPS) is 13.8. The maximum Gasteiger partial charge on any atom is 0.408 e. The van der Waals surface area contributed by atoms with Crippen molar-refractivity contribution < 1.29 is 17.9 Å². The van der Waals surface area contributed by atoms with Crippen LogP contribution in [0.15, 0.2) is 90.2 Å². The molecular weight excluding hydrogens is 504 g/mol. The van der Waals surface area contributed by atoms with Crippen molar-refractivity contribution in [3.05, 3.63) is 96.4 Å². The van der Waals surface area contributed by atoms with Gasteiger partial charge in [-0.25, -0.2) is 28.2 Å². The lowest BCUT2D eigenvalue weighted by Gasteiger charge is -2.18. The number of anilines is 4. The van der Waals surface area contributed by atoms with Crippen molar-refractivity contribution in [3.8, 4) is 0 Å². The van der Waals surface area contributed by atoms with Crippen molar-refractivity contribution in [3.63, 3.8) is 0 Å². The summed E-state index contributed by atoms with van der Waals surface area (Å²) in [6, 6.07) is 21.5. The van der Waals surface area contributed by atoms with E-state index in [1.165, 1.54) is 12.4 Å². The number of hydrogen-bond acceptors (Lipinski definition) is 9. The summed E-state index contributed by atoms with van der Waals surface area (Å²) in [5.74, 6) is 1.45. The number of carbonyl (C=O) groups excluding carboxylic acids is 1. The Labute approximate surface area is 220 Å². The maximum absolute atomic E-state index is 12.4. The lowest BCUT2D eigenvalue weighted by Crippen LogP contribution is -2.35. The van der Waals surface area contributed by atoms with Crippen LogP contribution in [-0.2, 0) is 26.7 Å². The van der Waals surface area contributed by atoms with Gasteiger partial charge in [0.25, 0.3) is 0 Å². The molecule has 1 amide bonds. The van der Waals surface area contributed by atoms with Gasteiger partial charge in [-0.1, -0.05) is 48.5 Å². The summed E-state index contributed by atoms with van der Waals surface area (Å²) in [5, 5.41) is 9.13. The van der Waals surface area contributed by atoms with Crippen LogP contribution in [0, 0.1) is 0 Å². The Hall–Kier alpha value is -4.51. The van der Waals surface area contributed by atoms with Crippen molar-refractivity contribution >= 4 is 39.1 Å². The van der Waals surface area contributed by atoms with Crippen LogP contribution in [0.5, 0.6) is 0 Å². The molecule has 0 unspecified atom stereocenters. The molecule has 0 bridgehead atoms. The highest BCUT2D eigenvalue weighted by Gasteiger charge is 2.46. The van der Waals surface area contributed by atoms with E-state index in [0.717, 1.165) is 30.2 Å². The molecule has 194 valence electrons. The van der Waals surface area contributed by atoms with Gasteiger partial charge in [-0.3, -0.25) is 0 Å². The number of sulfone groups is 1. The molecular formula is C27H26N6O4S. The van der Waals surface area contributed by atoms with E-state index in [1.54, 1.807) is 36.5 Å². The van der Waals surface area contributed by atoms with E-state index in [1.807, 2.05) is 36.4 Å². The molecule has 0 aliphatic heterocycles. The minimum atomic E-state index is -3.41. The summed E-state index contributed by atoms with van der Waals surface area (Å²) in [7, 11) is -3.41. The monoisotopic (exact) mass is 530 g/mol. The topological polar surface area (TPSA) is 135 Å². The van der Waals surface area contributed by atoms with Crippen LogP contribution in [0.4, 0.5) is 27.9 Å². The van der Waals surface area contributed by atoms with Gasteiger partial charge in [-0.15, -0.1) is 0 Å². The van der Waals surface area contributed by atoms with Crippen molar-refractivity contribution in [2.45, 2.75) is 29.9 Å². The number of carbonyl (C=O) groups is 1. The van der Waals surface area contributed by atoms with Crippen molar-refractivity contribution in [1.82, 2.24) is 20.3 Å². The van der Waals surface area contributed by atoms with Gasteiger partial charge in [0.2, 0.25) is 0 Å². The van der Waals surface area contributed by atoms with Gasteiger partial charge in [0.05, 0.1) is 16.1 Å². The van der Waals surface area contributed by atoms with E-state index in [4.69, 9.17) is 4.74 Å². The number of nitrogens with zero attached hydrogens (tertiary/aromatic N) is 3. The molecule has 1 saturated carbocycles. The van der Waals surface area contributed by atoms with Crippen LogP contribution in [0.25, 0.3) is 0 Å². The lowest BCUT2D eigenvalue weighted by atomic mass is 10.1. The van der Waals surface area contributed by atoms with Gasteiger partial charge in [-0.2, -0.15) is 0 Å². The first-order valence-electron chi connectivity index (χ1n) is 11.9. The number of amides is 1. The van der Waals surface area contributed by atoms with Gasteiger partial charge >= 0.3 is 6.09 Å². The Morgan fingerprint density at radius 3 is 2.29 bits per heavy atom. The first kappa shape index (κ1) is 25.2. The highest BCUT2D eigenvalue weighted by atomic mass is 32.2. The largest absolute Gasteiger partial charge is 0.445 e. The molecule has 11 heteroatoms. The number of nitrogens with one attached hydrogen (secondary N) is 3. The fourth-order valence-electron chi connectivity index (χ4n) is 3.97. The molecule has 10 nitrogen and oxygen atoms in total. The number of benzene rings is 2. The number of alkyl carbamates (subject to hydrolysis) is 1. The van der Waals surface area contributed by atoms with Crippen LogP contribution in [0.1, 0.15) is 24.0 Å². The molecule has 2 aromatic carbocycles. The quantitative estimate of drug-likeness (QED) is 0.282. The fourth-order valence-corrected chi connectivity index (χ4v) is 4.82. The third-order valence-electron chi connectivity index (χ3n) is 6.09. The van der Waals surface area contributed by atoms with E-state index in [2.05, 4.69) is 30.9 Å². The molecule has 0 atom stereocenters. The molecule has 0 spiro atoms. The third kappa shape index (κ3) is 6.06. The Morgan fingerprint density at radius 2 is 1.61 bits per heavy atom. The van der Waals surface area contributed by atoms with E-state index in [9.17, 15) is 13.2 Å². The van der Waals surface area contributed by atoms with Crippen molar-refractivity contribution in [2.75, 3.05) is 16.9 Å². The van der Waals surface area contributed by atoms with Gasteiger partial charge in [-0.05, 0) is 42.2 Å². The van der Waals surface area contributed by atoms with Gasteiger partial charge < -0.3 is 20.7 Å².